The summed E-state index contributed by atoms with van der Waals surface area (Å²) in [6, 6.07) is 0. The second-order valence-electron chi connectivity index (χ2n) is 4.89. The molecule has 0 atom stereocenters. The summed E-state index contributed by atoms with van der Waals surface area (Å²) < 4.78 is 5.28. The minimum atomic E-state index is 0.211. The minimum Gasteiger partial charge on any atom is -0.381 e. The Morgan fingerprint density at radius 1 is 1.19 bits per heavy atom. The Labute approximate surface area is 97.1 Å². The van der Waals surface area contributed by atoms with E-state index in [4.69, 9.17) is 10.5 Å². The highest BCUT2D eigenvalue weighted by atomic mass is 16.5. The van der Waals surface area contributed by atoms with Gasteiger partial charge in [-0.15, -0.1) is 0 Å². The summed E-state index contributed by atoms with van der Waals surface area (Å²) >= 11 is 0. The van der Waals surface area contributed by atoms with Crippen molar-refractivity contribution in [3.8, 4) is 0 Å². The molecule has 1 amide bonds. The Morgan fingerprint density at radius 3 is 2.38 bits per heavy atom. The number of ether oxygens (including phenoxy) is 1. The lowest BCUT2D eigenvalue weighted by Crippen LogP contribution is -2.44. The molecule has 2 aliphatic heterocycles. The van der Waals surface area contributed by atoms with Crippen molar-refractivity contribution in [2.45, 2.75) is 25.7 Å². The molecule has 2 N–H and O–H groups in total. The predicted octanol–water partition coefficient (Wildman–Crippen LogP) is 0.610. The third-order valence-electron chi connectivity index (χ3n) is 3.83. The molecule has 92 valence electrons. The molecule has 4 heteroatoms. The van der Waals surface area contributed by atoms with Crippen LogP contribution in [-0.2, 0) is 9.53 Å². The number of amides is 1. The summed E-state index contributed by atoms with van der Waals surface area (Å²) in [5.41, 5.74) is 5.65. The third-order valence-corrected chi connectivity index (χ3v) is 3.83. The largest absolute Gasteiger partial charge is 0.381 e. The molecular weight excluding hydrogens is 204 g/mol. The number of carbonyl (C=O) groups excluding carboxylic acids is 1. The van der Waals surface area contributed by atoms with Crippen molar-refractivity contribution >= 4 is 5.91 Å². The van der Waals surface area contributed by atoms with Crippen LogP contribution < -0.4 is 5.73 Å². The van der Waals surface area contributed by atoms with Gasteiger partial charge in [0.25, 0.3) is 0 Å². The van der Waals surface area contributed by atoms with E-state index in [2.05, 4.69) is 0 Å². The second kappa shape index (κ2) is 5.64. The van der Waals surface area contributed by atoms with Crippen molar-refractivity contribution < 1.29 is 9.53 Å². The van der Waals surface area contributed by atoms with Gasteiger partial charge in [0.1, 0.15) is 0 Å². The van der Waals surface area contributed by atoms with Crippen LogP contribution in [0.15, 0.2) is 0 Å². The van der Waals surface area contributed by atoms with Crippen LogP contribution in [0, 0.1) is 11.8 Å². The third kappa shape index (κ3) is 2.74. The molecule has 0 aromatic rings. The Kier molecular flexibility index (Phi) is 4.18. The molecule has 0 saturated carbocycles. The van der Waals surface area contributed by atoms with Crippen LogP contribution in [-0.4, -0.2) is 43.7 Å². The van der Waals surface area contributed by atoms with Crippen LogP contribution in [0.2, 0.25) is 0 Å². The smallest absolute Gasteiger partial charge is 0.225 e. The van der Waals surface area contributed by atoms with Crippen molar-refractivity contribution in [1.29, 1.82) is 0 Å². The van der Waals surface area contributed by atoms with E-state index < -0.39 is 0 Å². The molecule has 0 bridgehead atoms. The summed E-state index contributed by atoms with van der Waals surface area (Å²) in [5.74, 6) is 1.18. The zero-order chi connectivity index (χ0) is 11.4. The van der Waals surface area contributed by atoms with Crippen LogP contribution in [0.1, 0.15) is 25.7 Å². The maximum atomic E-state index is 12.2. The normalized spacial score (nSPS) is 24.7. The lowest BCUT2D eigenvalue weighted by Gasteiger charge is -2.34. The molecule has 2 fully saturated rings. The molecular formula is C12H22N2O2. The fourth-order valence-electron chi connectivity index (χ4n) is 2.59. The standard InChI is InChI=1S/C12H22N2O2/c13-9-10-1-5-14(6-2-10)12(15)11-3-7-16-8-4-11/h10-11H,1-9,13H2. The van der Waals surface area contributed by atoms with E-state index in [0.29, 0.717) is 11.8 Å². The van der Waals surface area contributed by atoms with Gasteiger partial charge in [-0.3, -0.25) is 4.79 Å². The number of piperidine rings is 1. The van der Waals surface area contributed by atoms with E-state index in [1.807, 2.05) is 4.90 Å². The van der Waals surface area contributed by atoms with Crippen LogP contribution >= 0.6 is 0 Å². The average Bonchev–Trinajstić information content (AvgIpc) is 2.39. The number of likely N-dealkylation sites (tertiary alicyclic amines) is 1. The maximum Gasteiger partial charge on any atom is 0.225 e. The number of nitrogens with zero attached hydrogens (tertiary/aromatic N) is 1. The Morgan fingerprint density at radius 2 is 1.81 bits per heavy atom. The number of carbonyl (C=O) groups is 1. The molecule has 4 nitrogen and oxygen atoms in total. The highest BCUT2D eigenvalue weighted by molar-refractivity contribution is 5.79. The van der Waals surface area contributed by atoms with Crippen molar-refractivity contribution in [3.05, 3.63) is 0 Å². The van der Waals surface area contributed by atoms with Crippen LogP contribution in [0.4, 0.5) is 0 Å². The minimum absolute atomic E-state index is 0.211. The zero-order valence-electron chi connectivity index (χ0n) is 9.86. The molecule has 0 aromatic carbocycles. The zero-order valence-corrected chi connectivity index (χ0v) is 9.86. The van der Waals surface area contributed by atoms with Crippen LogP contribution in [0.5, 0.6) is 0 Å². The number of hydrogen-bond acceptors (Lipinski definition) is 3. The van der Waals surface area contributed by atoms with Gasteiger partial charge in [0.2, 0.25) is 5.91 Å². The van der Waals surface area contributed by atoms with Gasteiger partial charge in [0.15, 0.2) is 0 Å². The van der Waals surface area contributed by atoms with Crippen molar-refractivity contribution in [2.24, 2.45) is 17.6 Å². The Balaban J connectivity index is 1.81. The molecule has 0 aliphatic carbocycles. The van der Waals surface area contributed by atoms with Gasteiger partial charge in [-0.05, 0) is 38.1 Å². The lowest BCUT2D eigenvalue weighted by atomic mass is 9.93. The number of hydrogen-bond donors (Lipinski definition) is 1. The first kappa shape index (κ1) is 11.9. The summed E-state index contributed by atoms with van der Waals surface area (Å²) in [7, 11) is 0. The fourth-order valence-corrected chi connectivity index (χ4v) is 2.59. The van der Waals surface area contributed by atoms with Crippen molar-refractivity contribution in [1.82, 2.24) is 4.90 Å². The number of rotatable bonds is 2. The monoisotopic (exact) mass is 226 g/mol. The summed E-state index contributed by atoms with van der Waals surface area (Å²) in [6.45, 7) is 4.06. The topological polar surface area (TPSA) is 55.6 Å². The van der Waals surface area contributed by atoms with Gasteiger partial charge in [0.05, 0.1) is 0 Å². The predicted molar refractivity (Wildman–Crippen MR) is 61.9 cm³/mol. The first-order chi connectivity index (χ1) is 7.81. The van der Waals surface area contributed by atoms with E-state index in [1.165, 1.54) is 0 Å². The highest BCUT2D eigenvalue weighted by Gasteiger charge is 2.28. The SMILES string of the molecule is NCC1CCN(C(=O)C2CCOCC2)CC1. The molecule has 0 aromatic heterocycles. The van der Waals surface area contributed by atoms with E-state index in [-0.39, 0.29) is 5.92 Å². The molecule has 2 saturated heterocycles. The lowest BCUT2D eigenvalue weighted by molar-refractivity contribution is -0.139. The number of nitrogens with two attached hydrogens (primary N) is 1. The molecule has 2 rings (SSSR count). The van der Waals surface area contributed by atoms with Gasteiger partial charge in [-0.2, -0.15) is 0 Å². The first-order valence-electron chi connectivity index (χ1n) is 6.38. The van der Waals surface area contributed by atoms with Gasteiger partial charge in [0, 0.05) is 32.2 Å². The van der Waals surface area contributed by atoms with Crippen molar-refractivity contribution in [3.63, 3.8) is 0 Å². The van der Waals surface area contributed by atoms with Crippen LogP contribution in [0.3, 0.4) is 0 Å². The Bertz CT molecular complexity index is 231. The summed E-state index contributed by atoms with van der Waals surface area (Å²) in [6.07, 6.45) is 3.95. The average molecular weight is 226 g/mol. The van der Waals surface area contributed by atoms with Gasteiger partial charge in [-0.1, -0.05) is 0 Å². The molecule has 2 heterocycles. The highest BCUT2D eigenvalue weighted by Crippen LogP contribution is 2.22. The van der Waals surface area contributed by atoms with Gasteiger partial charge in [-0.25, -0.2) is 0 Å². The van der Waals surface area contributed by atoms with Crippen LogP contribution in [0.25, 0.3) is 0 Å². The Hall–Kier alpha value is -0.610. The fraction of sp³-hybridized carbons (Fsp3) is 0.917. The molecule has 16 heavy (non-hydrogen) atoms. The molecule has 0 unspecified atom stereocenters. The van der Waals surface area contributed by atoms with E-state index in [9.17, 15) is 4.79 Å². The molecule has 2 aliphatic rings. The summed E-state index contributed by atoms with van der Waals surface area (Å²) in [5, 5.41) is 0. The van der Waals surface area contributed by atoms with E-state index in [1.54, 1.807) is 0 Å². The first-order valence-corrected chi connectivity index (χ1v) is 6.38. The van der Waals surface area contributed by atoms with E-state index in [0.717, 1.165) is 58.5 Å². The molecule has 0 spiro atoms. The van der Waals surface area contributed by atoms with Crippen molar-refractivity contribution in [2.75, 3.05) is 32.8 Å². The maximum absolute atomic E-state index is 12.2. The van der Waals surface area contributed by atoms with E-state index >= 15 is 0 Å². The second-order valence-corrected chi connectivity index (χ2v) is 4.89. The van der Waals surface area contributed by atoms with Gasteiger partial charge >= 0.3 is 0 Å². The van der Waals surface area contributed by atoms with Gasteiger partial charge < -0.3 is 15.4 Å². The quantitative estimate of drug-likeness (QED) is 0.750. The summed E-state index contributed by atoms with van der Waals surface area (Å²) in [4.78, 5) is 14.2. The molecule has 0 radical (unpaired) electrons.